The van der Waals surface area contributed by atoms with E-state index in [-0.39, 0.29) is 0 Å². The zero-order chi connectivity index (χ0) is 39.5. The first-order chi connectivity index (χ1) is 28.0. The van der Waals surface area contributed by atoms with E-state index >= 15 is 0 Å². The lowest BCUT2D eigenvalue weighted by Crippen LogP contribution is -2.37. The second-order valence-corrected chi connectivity index (χ2v) is 19.0. The maximum absolute atomic E-state index is 6.85. The van der Waals surface area contributed by atoms with Crippen LogP contribution in [-0.4, -0.2) is 14.5 Å². The monoisotopic (exact) mass is 759 g/mol. The summed E-state index contributed by atoms with van der Waals surface area (Å²) in [7, 11) is 0. The molecule has 1 fully saturated rings. The first kappa shape index (κ1) is 35.2. The molecule has 0 spiro atoms. The average Bonchev–Trinajstić information content (AvgIpc) is 3.89. The number of hydrogen-bond donors (Lipinski definition) is 0. The van der Waals surface area contributed by atoms with E-state index in [9.17, 15) is 0 Å². The number of aryl methyl sites for hydroxylation is 2. The SMILES string of the molecule is Cc1ccc(-n2c3ccccc3c3ccc(Oc4cc(-c5cc6c(cn5)CC(C5CC(C)(C)CC(C)(C)C5)C6)c5oc6ccc7ccccc7c6c5c4)nc32)cc1C. The van der Waals surface area contributed by atoms with E-state index in [2.05, 4.69) is 155 Å². The summed E-state index contributed by atoms with van der Waals surface area (Å²) in [6.07, 6.45) is 8.25. The van der Waals surface area contributed by atoms with Crippen LogP contribution in [0, 0.1) is 36.5 Å². The molecule has 1 unspecified atom stereocenters. The van der Waals surface area contributed by atoms with Crippen molar-refractivity contribution in [1.29, 1.82) is 0 Å². The van der Waals surface area contributed by atoms with Crippen LogP contribution >= 0.6 is 0 Å². The average molecular weight is 760 g/mol. The van der Waals surface area contributed by atoms with Crippen LogP contribution in [0.5, 0.6) is 11.6 Å². The highest BCUT2D eigenvalue weighted by atomic mass is 16.5. The van der Waals surface area contributed by atoms with Gasteiger partial charge in [0.2, 0.25) is 5.88 Å². The lowest BCUT2D eigenvalue weighted by atomic mass is 9.59. The summed E-state index contributed by atoms with van der Waals surface area (Å²) in [4.78, 5) is 10.4. The Labute approximate surface area is 339 Å². The van der Waals surface area contributed by atoms with Gasteiger partial charge in [-0.25, -0.2) is 0 Å². The number of furan rings is 1. The maximum atomic E-state index is 6.85. The summed E-state index contributed by atoms with van der Waals surface area (Å²) < 4.78 is 15.9. The molecule has 11 rings (SSSR count). The van der Waals surface area contributed by atoms with Gasteiger partial charge >= 0.3 is 0 Å². The van der Waals surface area contributed by atoms with Crippen molar-refractivity contribution in [3.8, 4) is 28.6 Å². The Morgan fingerprint density at radius 1 is 0.690 bits per heavy atom. The Morgan fingerprint density at radius 3 is 2.29 bits per heavy atom. The predicted molar refractivity (Wildman–Crippen MR) is 238 cm³/mol. The number of hydrogen-bond acceptors (Lipinski definition) is 4. The highest BCUT2D eigenvalue weighted by Crippen LogP contribution is 2.53. The Bertz CT molecular complexity index is 3110. The third-order valence-corrected chi connectivity index (χ3v) is 13.5. The van der Waals surface area contributed by atoms with Crippen LogP contribution in [0.2, 0.25) is 0 Å². The fourth-order valence-corrected chi connectivity index (χ4v) is 11.3. The van der Waals surface area contributed by atoms with Crippen LogP contribution in [0.3, 0.4) is 0 Å². The number of benzene rings is 5. The molecule has 58 heavy (non-hydrogen) atoms. The second kappa shape index (κ2) is 12.8. The molecule has 0 amide bonds. The van der Waals surface area contributed by atoms with Crippen molar-refractivity contribution in [1.82, 2.24) is 14.5 Å². The van der Waals surface area contributed by atoms with Crippen LogP contribution < -0.4 is 4.74 Å². The minimum atomic E-state index is 0.373. The molecule has 0 bridgehead atoms. The van der Waals surface area contributed by atoms with Crippen molar-refractivity contribution in [3.63, 3.8) is 0 Å². The molecule has 2 aliphatic rings. The Hall–Kier alpha value is -5.94. The molecule has 5 nitrogen and oxygen atoms in total. The largest absolute Gasteiger partial charge is 0.455 e. The van der Waals surface area contributed by atoms with Gasteiger partial charge in [-0.1, -0.05) is 82.3 Å². The summed E-state index contributed by atoms with van der Waals surface area (Å²) in [6, 6.07) is 38.6. The molecule has 0 saturated heterocycles. The van der Waals surface area contributed by atoms with E-state index in [1.54, 1.807) is 0 Å². The lowest BCUT2D eigenvalue weighted by Gasteiger charge is -2.47. The minimum absolute atomic E-state index is 0.373. The van der Waals surface area contributed by atoms with E-state index in [1.807, 2.05) is 6.07 Å². The fourth-order valence-electron chi connectivity index (χ4n) is 11.3. The molecule has 4 aromatic heterocycles. The summed E-state index contributed by atoms with van der Waals surface area (Å²) in [6.45, 7) is 14.2. The molecular formula is C53H49N3O2. The summed E-state index contributed by atoms with van der Waals surface area (Å²) >= 11 is 0. The first-order valence-corrected chi connectivity index (χ1v) is 21.0. The van der Waals surface area contributed by atoms with E-state index in [0.717, 1.165) is 85.0 Å². The number of ether oxygens (including phenoxy) is 1. The lowest BCUT2D eigenvalue weighted by molar-refractivity contribution is 0.0416. The van der Waals surface area contributed by atoms with Gasteiger partial charge in [0.25, 0.3) is 0 Å². The van der Waals surface area contributed by atoms with Gasteiger partial charge in [-0.2, -0.15) is 4.98 Å². The number of para-hydroxylation sites is 1. The van der Waals surface area contributed by atoms with Gasteiger partial charge in [0, 0.05) is 45.1 Å². The van der Waals surface area contributed by atoms with Gasteiger partial charge < -0.3 is 9.15 Å². The molecule has 5 aromatic carbocycles. The Morgan fingerprint density at radius 2 is 1.47 bits per heavy atom. The molecule has 1 atom stereocenters. The predicted octanol–water partition coefficient (Wildman–Crippen LogP) is 14.3. The van der Waals surface area contributed by atoms with Crippen molar-refractivity contribution in [2.45, 2.75) is 73.6 Å². The van der Waals surface area contributed by atoms with Crippen molar-refractivity contribution in [2.75, 3.05) is 0 Å². The first-order valence-electron chi connectivity index (χ1n) is 21.0. The third-order valence-electron chi connectivity index (χ3n) is 13.5. The fraction of sp³-hybridized carbons (Fsp3) is 0.283. The Balaban J connectivity index is 1.04. The zero-order valence-corrected chi connectivity index (χ0v) is 34.3. The Kier molecular flexibility index (Phi) is 7.77. The number of pyridine rings is 2. The van der Waals surface area contributed by atoms with Crippen molar-refractivity contribution < 1.29 is 9.15 Å². The molecule has 0 aliphatic heterocycles. The van der Waals surface area contributed by atoms with Crippen LogP contribution in [-0.2, 0) is 12.8 Å². The zero-order valence-electron chi connectivity index (χ0n) is 34.3. The molecule has 9 aromatic rings. The van der Waals surface area contributed by atoms with E-state index in [4.69, 9.17) is 19.1 Å². The summed E-state index contributed by atoms with van der Waals surface area (Å²) in [5.41, 5.74) is 12.7. The van der Waals surface area contributed by atoms with E-state index in [1.165, 1.54) is 46.9 Å². The molecule has 288 valence electrons. The third kappa shape index (κ3) is 5.81. The number of aromatic nitrogens is 3. The van der Waals surface area contributed by atoms with Gasteiger partial charge in [-0.3, -0.25) is 9.55 Å². The second-order valence-electron chi connectivity index (χ2n) is 19.0. The number of nitrogens with zero attached hydrogens (tertiary/aromatic N) is 3. The highest BCUT2D eigenvalue weighted by Gasteiger charge is 2.42. The highest BCUT2D eigenvalue weighted by molar-refractivity contribution is 6.21. The topological polar surface area (TPSA) is 53.1 Å². The molecule has 2 aliphatic carbocycles. The standard InChI is InChI=1S/C53H49N3O2/c1-31-15-17-38(21-32(31)2)56-46-14-10-9-13-41(46)42-18-20-48(55-51(42)56)57-39-25-43(50-44(26-39)49-40-12-8-7-11-33(40)16-19-47(49)58-50)45-24-35-22-34(23-36(35)29-54-45)37-27-52(3,4)30-53(5,6)28-37/h7-21,24-26,29,34,37H,22-23,27-28,30H2,1-6H3. The van der Waals surface area contributed by atoms with Gasteiger partial charge in [-0.05, 0) is 150 Å². The smallest absolute Gasteiger partial charge is 0.221 e. The van der Waals surface area contributed by atoms with Crippen LogP contribution in [0.15, 0.2) is 120 Å². The van der Waals surface area contributed by atoms with Crippen molar-refractivity contribution in [2.24, 2.45) is 22.7 Å². The van der Waals surface area contributed by atoms with Gasteiger partial charge in [0.1, 0.15) is 22.6 Å². The summed E-state index contributed by atoms with van der Waals surface area (Å²) in [5.74, 6) is 2.61. The molecule has 5 heteroatoms. The van der Waals surface area contributed by atoms with Gasteiger partial charge in [-0.15, -0.1) is 0 Å². The molecule has 4 heterocycles. The maximum Gasteiger partial charge on any atom is 0.221 e. The number of rotatable bonds is 5. The van der Waals surface area contributed by atoms with E-state index < -0.39 is 0 Å². The van der Waals surface area contributed by atoms with E-state index in [0.29, 0.717) is 28.4 Å². The molecular weight excluding hydrogens is 711 g/mol. The number of fused-ring (bicyclic) bond motifs is 9. The van der Waals surface area contributed by atoms with Crippen LogP contribution in [0.1, 0.15) is 69.2 Å². The molecule has 0 radical (unpaired) electrons. The minimum Gasteiger partial charge on any atom is -0.455 e. The van der Waals surface area contributed by atoms with Gasteiger partial charge in [0.05, 0.1) is 11.2 Å². The van der Waals surface area contributed by atoms with Crippen LogP contribution in [0.4, 0.5) is 0 Å². The van der Waals surface area contributed by atoms with Crippen molar-refractivity contribution >= 4 is 54.6 Å². The summed E-state index contributed by atoms with van der Waals surface area (Å²) in [5, 5.41) is 6.68. The van der Waals surface area contributed by atoms with Gasteiger partial charge in [0.15, 0.2) is 0 Å². The molecule has 0 N–H and O–H groups in total. The normalized spacial score (nSPS) is 17.9. The molecule has 1 saturated carbocycles. The quantitative estimate of drug-likeness (QED) is 0.175. The van der Waals surface area contributed by atoms with Crippen molar-refractivity contribution in [3.05, 3.63) is 138 Å². The van der Waals surface area contributed by atoms with Crippen LogP contribution in [0.25, 0.3) is 71.6 Å².